The fourth-order valence-corrected chi connectivity index (χ4v) is 2.27. The lowest BCUT2D eigenvalue weighted by Crippen LogP contribution is -2.36. The van der Waals surface area contributed by atoms with Crippen molar-refractivity contribution in [1.29, 1.82) is 5.41 Å². The number of benzene rings is 2. The van der Waals surface area contributed by atoms with Crippen LogP contribution in [-0.4, -0.2) is 17.0 Å². The third-order valence-corrected chi connectivity index (χ3v) is 3.54. The number of alkyl halides is 3. The summed E-state index contributed by atoms with van der Waals surface area (Å²) < 4.78 is 39.2. The Morgan fingerprint density at radius 1 is 1.19 bits per heavy atom. The molecule has 0 aliphatic heterocycles. The first kappa shape index (κ1) is 19.0. The minimum absolute atomic E-state index is 0.0187. The first-order chi connectivity index (χ1) is 12.1. The van der Waals surface area contributed by atoms with E-state index < -0.39 is 23.6 Å². The van der Waals surface area contributed by atoms with Gasteiger partial charge in [0.15, 0.2) is 5.96 Å². The summed E-state index contributed by atoms with van der Waals surface area (Å²) in [7, 11) is 0. The first-order valence-corrected chi connectivity index (χ1v) is 7.42. The molecule has 0 unspecified atom stereocenters. The van der Waals surface area contributed by atoms with E-state index in [2.05, 4.69) is 5.32 Å². The molecule has 2 aromatic carbocycles. The molecular formula is C18H16F3N3O2. The van der Waals surface area contributed by atoms with Crippen molar-refractivity contribution < 1.29 is 23.1 Å². The summed E-state index contributed by atoms with van der Waals surface area (Å²) in [5, 5.41) is 18.5. The van der Waals surface area contributed by atoms with Crippen LogP contribution in [-0.2, 0) is 11.0 Å². The number of hydrogen-bond donors (Lipinski definition) is 4. The second kappa shape index (κ2) is 7.30. The zero-order valence-corrected chi connectivity index (χ0v) is 13.7. The van der Waals surface area contributed by atoms with Crippen LogP contribution in [0.25, 0.3) is 17.2 Å². The number of guanidine groups is 1. The number of hydrogen-bond acceptors (Lipinski definition) is 3. The minimum atomic E-state index is -4.52. The molecule has 0 spiro atoms. The number of carbonyl (C=O) groups is 1. The van der Waals surface area contributed by atoms with Gasteiger partial charge in [-0.25, -0.2) is 0 Å². The monoisotopic (exact) mass is 363 g/mol. The van der Waals surface area contributed by atoms with Crippen molar-refractivity contribution in [2.45, 2.75) is 13.1 Å². The molecule has 0 saturated heterocycles. The Kier molecular flexibility index (Phi) is 5.35. The van der Waals surface area contributed by atoms with Crippen molar-refractivity contribution in [1.82, 2.24) is 5.32 Å². The second-order valence-corrected chi connectivity index (χ2v) is 5.54. The van der Waals surface area contributed by atoms with E-state index in [0.29, 0.717) is 11.1 Å². The highest BCUT2D eigenvalue weighted by atomic mass is 19.4. The fraction of sp³-hybridized carbons (Fsp3) is 0.111. The Morgan fingerprint density at radius 3 is 2.35 bits per heavy atom. The van der Waals surface area contributed by atoms with Gasteiger partial charge in [0.25, 0.3) is 5.91 Å². The number of aromatic hydroxyl groups is 1. The van der Waals surface area contributed by atoms with Gasteiger partial charge < -0.3 is 10.8 Å². The summed E-state index contributed by atoms with van der Waals surface area (Å²) in [6.45, 7) is 1.45. The van der Waals surface area contributed by atoms with Crippen molar-refractivity contribution in [2.75, 3.05) is 0 Å². The van der Waals surface area contributed by atoms with Gasteiger partial charge in [-0.15, -0.1) is 0 Å². The van der Waals surface area contributed by atoms with Crippen molar-refractivity contribution in [3.8, 4) is 16.9 Å². The number of phenolic OH excluding ortho intramolecular Hbond substituents is 1. The van der Waals surface area contributed by atoms with Gasteiger partial charge in [-0.3, -0.25) is 15.5 Å². The van der Waals surface area contributed by atoms with Crippen LogP contribution in [0.3, 0.4) is 0 Å². The fourth-order valence-electron chi connectivity index (χ4n) is 2.27. The molecule has 2 aromatic rings. The van der Waals surface area contributed by atoms with Crippen LogP contribution < -0.4 is 11.1 Å². The van der Waals surface area contributed by atoms with Crippen LogP contribution in [0.5, 0.6) is 5.75 Å². The summed E-state index contributed by atoms with van der Waals surface area (Å²) in [6.07, 6.45) is -3.12. The standard InChI is InChI=1S/C18H16F3N3O2/c1-10(16(26)24-17(22)23)8-12-2-5-13(18(19,20)21)9-15(12)11-3-6-14(25)7-4-11/h2-9,25H,1H3,(H4,22,23,24,26)/b10-8+. The lowest BCUT2D eigenvalue weighted by atomic mass is 9.95. The van der Waals surface area contributed by atoms with Crippen LogP contribution in [0.4, 0.5) is 13.2 Å². The van der Waals surface area contributed by atoms with Crippen molar-refractivity contribution in [3.05, 3.63) is 59.2 Å². The predicted octanol–water partition coefficient (Wildman–Crippen LogP) is 3.49. The zero-order valence-electron chi connectivity index (χ0n) is 13.7. The van der Waals surface area contributed by atoms with E-state index in [1.807, 2.05) is 0 Å². The van der Waals surface area contributed by atoms with Gasteiger partial charge in [0.05, 0.1) is 5.56 Å². The maximum atomic E-state index is 13.1. The highest BCUT2D eigenvalue weighted by Crippen LogP contribution is 2.35. The Bertz CT molecular complexity index is 872. The van der Waals surface area contributed by atoms with Crippen molar-refractivity contribution in [2.24, 2.45) is 5.73 Å². The number of amides is 1. The molecule has 8 heteroatoms. The highest BCUT2D eigenvalue weighted by molar-refractivity contribution is 6.06. The highest BCUT2D eigenvalue weighted by Gasteiger charge is 2.31. The molecule has 2 rings (SSSR count). The quantitative estimate of drug-likeness (QED) is 0.382. The van der Waals surface area contributed by atoms with Gasteiger partial charge in [-0.05, 0) is 54.0 Å². The van der Waals surface area contributed by atoms with Gasteiger partial charge in [0.1, 0.15) is 5.75 Å². The topological polar surface area (TPSA) is 99.2 Å². The van der Waals surface area contributed by atoms with E-state index in [0.717, 1.165) is 12.1 Å². The molecule has 0 bridgehead atoms. The van der Waals surface area contributed by atoms with E-state index in [-0.39, 0.29) is 16.9 Å². The summed E-state index contributed by atoms with van der Waals surface area (Å²) >= 11 is 0. The van der Waals surface area contributed by atoms with Crippen LogP contribution >= 0.6 is 0 Å². The van der Waals surface area contributed by atoms with Gasteiger partial charge >= 0.3 is 6.18 Å². The Hall–Kier alpha value is -3.29. The molecule has 136 valence electrons. The average Bonchev–Trinajstić information content (AvgIpc) is 2.54. The molecule has 0 aromatic heterocycles. The summed E-state index contributed by atoms with van der Waals surface area (Å²) in [4.78, 5) is 11.9. The molecule has 0 atom stereocenters. The molecule has 26 heavy (non-hydrogen) atoms. The van der Waals surface area contributed by atoms with Crippen LogP contribution in [0, 0.1) is 5.41 Å². The molecular weight excluding hydrogens is 347 g/mol. The van der Waals surface area contributed by atoms with Crippen molar-refractivity contribution in [3.63, 3.8) is 0 Å². The third kappa shape index (κ3) is 4.62. The van der Waals surface area contributed by atoms with Crippen LogP contribution in [0.2, 0.25) is 0 Å². The minimum Gasteiger partial charge on any atom is -0.508 e. The molecule has 0 aliphatic rings. The van der Waals surface area contributed by atoms with E-state index >= 15 is 0 Å². The first-order valence-electron chi connectivity index (χ1n) is 7.42. The van der Waals surface area contributed by atoms with Gasteiger partial charge in [0, 0.05) is 5.57 Å². The molecule has 1 amide bonds. The number of nitrogens with one attached hydrogen (secondary N) is 2. The lowest BCUT2D eigenvalue weighted by Gasteiger charge is -2.13. The van der Waals surface area contributed by atoms with E-state index in [1.165, 1.54) is 43.3 Å². The maximum Gasteiger partial charge on any atom is 0.416 e. The SMILES string of the molecule is C/C(=C\c1ccc(C(F)(F)F)cc1-c1ccc(O)cc1)C(=O)NC(=N)N. The van der Waals surface area contributed by atoms with E-state index in [4.69, 9.17) is 11.1 Å². The van der Waals surface area contributed by atoms with Gasteiger partial charge in [0.2, 0.25) is 0 Å². The number of nitrogens with two attached hydrogens (primary N) is 1. The normalized spacial score (nSPS) is 11.9. The molecule has 0 fully saturated rings. The van der Waals surface area contributed by atoms with Crippen LogP contribution in [0.1, 0.15) is 18.1 Å². The molecule has 0 aliphatic carbocycles. The summed E-state index contributed by atoms with van der Waals surface area (Å²) in [5.41, 5.74) is 5.50. The van der Waals surface area contributed by atoms with Crippen molar-refractivity contribution >= 4 is 17.9 Å². The Balaban J connectivity index is 2.56. The predicted molar refractivity (Wildman–Crippen MR) is 92.3 cm³/mol. The van der Waals surface area contributed by atoms with Gasteiger partial charge in [-0.2, -0.15) is 13.2 Å². The Morgan fingerprint density at radius 2 is 1.81 bits per heavy atom. The zero-order chi connectivity index (χ0) is 19.5. The molecule has 0 saturated carbocycles. The largest absolute Gasteiger partial charge is 0.508 e. The second-order valence-electron chi connectivity index (χ2n) is 5.54. The molecule has 0 heterocycles. The van der Waals surface area contributed by atoms with E-state index in [9.17, 15) is 23.1 Å². The molecule has 5 nitrogen and oxygen atoms in total. The van der Waals surface area contributed by atoms with Gasteiger partial charge in [-0.1, -0.05) is 18.2 Å². The summed E-state index contributed by atoms with van der Waals surface area (Å²) in [6, 6.07) is 8.84. The van der Waals surface area contributed by atoms with Crippen LogP contribution in [0.15, 0.2) is 48.0 Å². The lowest BCUT2D eigenvalue weighted by molar-refractivity contribution is -0.137. The summed E-state index contributed by atoms with van der Waals surface area (Å²) in [5.74, 6) is -1.18. The number of rotatable bonds is 3. The number of phenols is 1. The van der Waals surface area contributed by atoms with E-state index in [1.54, 1.807) is 0 Å². The number of halogens is 3. The Labute approximate surface area is 147 Å². The molecule has 0 radical (unpaired) electrons. The third-order valence-electron chi connectivity index (χ3n) is 3.54. The smallest absolute Gasteiger partial charge is 0.416 e. The maximum absolute atomic E-state index is 13.1. The molecule has 5 N–H and O–H groups in total. The average molecular weight is 363 g/mol. The number of carbonyl (C=O) groups excluding carboxylic acids is 1.